The van der Waals surface area contributed by atoms with Crippen LogP contribution >= 0.6 is 35.2 Å². The molecule has 0 saturated carbocycles. The van der Waals surface area contributed by atoms with E-state index in [-0.39, 0.29) is 5.56 Å². The van der Waals surface area contributed by atoms with Crippen LogP contribution in [-0.2, 0) is 6.54 Å². The van der Waals surface area contributed by atoms with E-state index in [1.807, 2.05) is 6.92 Å². The maximum atomic E-state index is 11.8. The third-order valence-electron chi connectivity index (χ3n) is 2.46. The Labute approximate surface area is 115 Å². The molecule has 0 aliphatic heterocycles. The smallest absolute Gasteiger partial charge is 0.266 e. The fraction of sp³-hybridized carbons (Fsp3) is 0.636. The van der Waals surface area contributed by atoms with Crippen molar-refractivity contribution in [3.05, 3.63) is 25.9 Å². The molecule has 5 heteroatoms. The Morgan fingerprint density at radius 2 is 2.06 bits per heavy atom. The Morgan fingerprint density at radius 3 is 2.75 bits per heavy atom. The van der Waals surface area contributed by atoms with Crippen molar-refractivity contribution in [3.63, 3.8) is 0 Å². The van der Waals surface area contributed by atoms with Gasteiger partial charge < -0.3 is 0 Å². The molecular weight excluding hydrogens is 335 g/mol. The Morgan fingerprint density at radius 1 is 1.38 bits per heavy atom. The lowest BCUT2D eigenvalue weighted by molar-refractivity contribution is 0.562. The number of hydrogen-bond donors (Lipinski definition) is 1. The molecule has 1 aromatic heterocycles. The van der Waals surface area contributed by atoms with E-state index in [1.165, 1.54) is 6.42 Å². The first kappa shape index (κ1) is 14.0. The zero-order valence-corrected chi connectivity index (χ0v) is 12.5. The standard InChI is InChI=1S/C11H17IN2OS/c1-9-10(12)11(15)14(8-13-9)6-4-2-3-5-7-16/h8,16H,2-7H2,1H3. The van der Waals surface area contributed by atoms with Gasteiger partial charge in [-0.3, -0.25) is 9.36 Å². The molecule has 3 nitrogen and oxygen atoms in total. The number of halogens is 1. The Kier molecular flexibility index (Phi) is 6.41. The third-order valence-corrected chi connectivity index (χ3v) is 4.02. The predicted octanol–water partition coefficient (Wildman–Crippen LogP) is 2.65. The second-order valence-corrected chi connectivity index (χ2v) is 5.31. The quantitative estimate of drug-likeness (QED) is 0.485. The lowest BCUT2D eigenvalue weighted by atomic mass is 10.2. The van der Waals surface area contributed by atoms with E-state index in [2.05, 4.69) is 40.2 Å². The molecule has 16 heavy (non-hydrogen) atoms. The van der Waals surface area contributed by atoms with Crippen LogP contribution in [0.4, 0.5) is 0 Å². The van der Waals surface area contributed by atoms with E-state index in [9.17, 15) is 4.79 Å². The van der Waals surface area contributed by atoms with E-state index in [0.29, 0.717) is 0 Å². The molecule has 0 fully saturated rings. The molecule has 0 radical (unpaired) electrons. The van der Waals surface area contributed by atoms with Crippen LogP contribution in [0.1, 0.15) is 31.4 Å². The number of thiol groups is 1. The zero-order valence-electron chi connectivity index (χ0n) is 9.45. The van der Waals surface area contributed by atoms with E-state index in [4.69, 9.17) is 0 Å². The topological polar surface area (TPSA) is 34.9 Å². The minimum atomic E-state index is 0.0855. The van der Waals surface area contributed by atoms with Crippen molar-refractivity contribution < 1.29 is 0 Å². The molecule has 0 atom stereocenters. The SMILES string of the molecule is Cc1ncn(CCCCCCS)c(=O)c1I. The van der Waals surface area contributed by atoms with Crippen LogP contribution in [0.15, 0.2) is 11.1 Å². The second-order valence-electron chi connectivity index (χ2n) is 3.78. The molecule has 0 aromatic carbocycles. The summed E-state index contributed by atoms with van der Waals surface area (Å²) in [6.07, 6.45) is 6.18. The molecule has 0 N–H and O–H groups in total. The van der Waals surface area contributed by atoms with Crippen molar-refractivity contribution in [1.82, 2.24) is 9.55 Å². The zero-order chi connectivity index (χ0) is 12.0. The maximum absolute atomic E-state index is 11.8. The summed E-state index contributed by atoms with van der Waals surface area (Å²) in [5.41, 5.74) is 0.902. The fourth-order valence-corrected chi connectivity index (χ4v) is 2.13. The van der Waals surface area contributed by atoms with Gasteiger partial charge >= 0.3 is 0 Å². The first-order valence-corrected chi connectivity index (χ1v) is 7.20. The predicted molar refractivity (Wildman–Crippen MR) is 78.3 cm³/mol. The molecule has 0 aliphatic rings. The highest BCUT2D eigenvalue weighted by atomic mass is 127. The molecule has 0 saturated heterocycles. The largest absolute Gasteiger partial charge is 0.298 e. The molecule has 1 heterocycles. The van der Waals surface area contributed by atoms with Crippen molar-refractivity contribution in [2.24, 2.45) is 0 Å². The van der Waals surface area contributed by atoms with Crippen molar-refractivity contribution in [2.45, 2.75) is 39.2 Å². The first-order valence-electron chi connectivity index (χ1n) is 5.49. The summed E-state index contributed by atoms with van der Waals surface area (Å²) in [5, 5.41) is 0. The minimum absolute atomic E-state index is 0.0855. The van der Waals surface area contributed by atoms with Gasteiger partial charge in [0.2, 0.25) is 0 Å². The second kappa shape index (κ2) is 7.32. The number of unbranched alkanes of at least 4 members (excludes halogenated alkanes) is 3. The van der Waals surface area contributed by atoms with Crippen LogP contribution in [0.2, 0.25) is 0 Å². The number of aryl methyl sites for hydroxylation is 2. The lowest BCUT2D eigenvalue weighted by Crippen LogP contribution is -2.24. The van der Waals surface area contributed by atoms with Gasteiger partial charge in [-0.05, 0) is 48.1 Å². The molecule has 1 aromatic rings. The molecule has 0 bridgehead atoms. The number of nitrogens with zero attached hydrogens (tertiary/aromatic N) is 2. The number of hydrogen-bond acceptors (Lipinski definition) is 3. The molecule has 0 spiro atoms. The summed E-state index contributed by atoms with van der Waals surface area (Å²) in [6.45, 7) is 2.63. The normalized spacial score (nSPS) is 10.7. The van der Waals surface area contributed by atoms with Gasteiger partial charge in [-0.1, -0.05) is 12.8 Å². The van der Waals surface area contributed by atoms with Crippen LogP contribution < -0.4 is 5.56 Å². The van der Waals surface area contributed by atoms with Gasteiger partial charge in [0.05, 0.1) is 15.6 Å². The van der Waals surface area contributed by atoms with Crippen LogP contribution in [-0.4, -0.2) is 15.3 Å². The highest BCUT2D eigenvalue weighted by Gasteiger charge is 2.04. The van der Waals surface area contributed by atoms with Crippen LogP contribution in [0.25, 0.3) is 0 Å². The highest BCUT2D eigenvalue weighted by molar-refractivity contribution is 14.1. The van der Waals surface area contributed by atoms with Gasteiger partial charge in [0.1, 0.15) is 0 Å². The summed E-state index contributed by atoms with van der Waals surface area (Å²) >= 11 is 6.23. The summed E-state index contributed by atoms with van der Waals surface area (Å²) in [5.74, 6) is 0.948. The number of rotatable bonds is 6. The van der Waals surface area contributed by atoms with Crippen molar-refractivity contribution in [3.8, 4) is 0 Å². The van der Waals surface area contributed by atoms with Crippen molar-refractivity contribution >= 4 is 35.2 Å². The van der Waals surface area contributed by atoms with Crippen molar-refractivity contribution in [2.75, 3.05) is 5.75 Å². The third kappa shape index (κ3) is 4.08. The van der Waals surface area contributed by atoms with Gasteiger partial charge in [0.25, 0.3) is 5.56 Å². The summed E-state index contributed by atoms with van der Waals surface area (Å²) in [4.78, 5) is 16.0. The van der Waals surface area contributed by atoms with E-state index in [0.717, 1.165) is 40.8 Å². The number of aromatic nitrogens is 2. The molecule has 1 rings (SSSR count). The summed E-state index contributed by atoms with van der Waals surface area (Å²) < 4.78 is 2.44. The van der Waals surface area contributed by atoms with Crippen LogP contribution in [0, 0.1) is 10.5 Å². The Hall–Kier alpha value is -0.0400. The van der Waals surface area contributed by atoms with E-state index < -0.39 is 0 Å². The highest BCUT2D eigenvalue weighted by Crippen LogP contribution is 2.04. The van der Waals surface area contributed by atoms with E-state index in [1.54, 1.807) is 10.9 Å². The molecule has 0 amide bonds. The molecule has 0 unspecified atom stereocenters. The van der Waals surface area contributed by atoms with E-state index >= 15 is 0 Å². The van der Waals surface area contributed by atoms with Gasteiger partial charge in [0, 0.05) is 6.54 Å². The average Bonchev–Trinajstić information content (AvgIpc) is 2.28. The summed E-state index contributed by atoms with van der Waals surface area (Å²) in [6, 6.07) is 0. The van der Waals surface area contributed by atoms with Crippen molar-refractivity contribution in [1.29, 1.82) is 0 Å². The maximum Gasteiger partial charge on any atom is 0.266 e. The molecular formula is C11H17IN2OS. The van der Waals surface area contributed by atoms with Crippen LogP contribution in [0.3, 0.4) is 0 Å². The van der Waals surface area contributed by atoms with Crippen LogP contribution in [0.5, 0.6) is 0 Å². The molecule has 90 valence electrons. The minimum Gasteiger partial charge on any atom is -0.298 e. The van der Waals surface area contributed by atoms with Gasteiger partial charge in [-0.25, -0.2) is 4.98 Å². The fourth-order valence-electron chi connectivity index (χ4n) is 1.45. The lowest BCUT2D eigenvalue weighted by Gasteiger charge is -2.06. The Balaban J connectivity index is 2.49. The first-order chi connectivity index (χ1) is 7.66. The van der Waals surface area contributed by atoms with Gasteiger partial charge in [0.15, 0.2) is 0 Å². The van der Waals surface area contributed by atoms with Gasteiger partial charge in [-0.2, -0.15) is 12.6 Å². The summed E-state index contributed by atoms with van der Waals surface area (Å²) in [7, 11) is 0. The monoisotopic (exact) mass is 352 g/mol. The van der Waals surface area contributed by atoms with Gasteiger partial charge in [-0.15, -0.1) is 0 Å². The molecule has 0 aliphatic carbocycles. The Bertz CT molecular complexity index is 392. The average molecular weight is 352 g/mol.